The fourth-order valence-corrected chi connectivity index (χ4v) is 5.55. The van der Waals surface area contributed by atoms with Crippen LogP contribution in [0.3, 0.4) is 0 Å². The van der Waals surface area contributed by atoms with Gasteiger partial charge in [0.05, 0.1) is 11.3 Å². The number of azo groups is 1. The zero-order chi connectivity index (χ0) is 30.2. The third-order valence-corrected chi connectivity index (χ3v) is 7.88. The average Bonchev–Trinajstić information content (AvgIpc) is 2.99. The number of phenols is 1. The molecule has 0 saturated carbocycles. The molecule has 0 saturated heterocycles. The lowest BCUT2D eigenvalue weighted by Gasteiger charge is -2.26. The van der Waals surface area contributed by atoms with Gasteiger partial charge in [-0.2, -0.15) is 9.68 Å². The summed E-state index contributed by atoms with van der Waals surface area (Å²) in [6, 6.07) is 21.1. The first-order valence-corrected chi connectivity index (χ1v) is 14.6. The van der Waals surface area contributed by atoms with Crippen LogP contribution in [0.5, 0.6) is 11.6 Å². The van der Waals surface area contributed by atoms with Crippen LogP contribution in [-0.2, 0) is 6.54 Å². The third-order valence-electron chi connectivity index (χ3n) is 7.88. The van der Waals surface area contributed by atoms with Gasteiger partial charge in [0, 0.05) is 24.6 Å². The number of aromatic nitrogens is 2. The molecule has 2 N–H and O–H groups in total. The molecule has 0 fully saturated rings. The topological polar surface area (TPSA) is 94.3 Å². The SMILES string of the molecule is CCC(CC)C(c1ccc(O)cc1)c1ccc(/N=N/c2c(C)c(-[n+]3ccccc3)c(O)n(CCCN(C)C)c2=O)cc1. The van der Waals surface area contributed by atoms with Gasteiger partial charge in [-0.15, -0.1) is 5.11 Å². The number of hydrogen-bond acceptors (Lipinski definition) is 6. The highest BCUT2D eigenvalue weighted by molar-refractivity contribution is 5.56. The first kappa shape index (κ1) is 30.7. The van der Waals surface area contributed by atoms with Gasteiger partial charge in [-0.1, -0.05) is 57.0 Å². The molecule has 2 heterocycles. The van der Waals surface area contributed by atoms with E-state index in [0.29, 0.717) is 35.8 Å². The van der Waals surface area contributed by atoms with E-state index in [1.54, 1.807) is 23.6 Å². The van der Waals surface area contributed by atoms with Crippen LogP contribution in [0.4, 0.5) is 11.4 Å². The molecule has 0 radical (unpaired) electrons. The number of pyridine rings is 2. The van der Waals surface area contributed by atoms with Crippen molar-refractivity contribution in [3.8, 4) is 17.3 Å². The fraction of sp³-hybridized carbons (Fsp3) is 0.353. The van der Waals surface area contributed by atoms with E-state index in [1.807, 2.05) is 73.9 Å². The molecule has 4 aromatic rings. The standard InChI is InChI=1S/C34H41N5O3/c1-6-25(7-2)30(27-14-18-29(40)19-15-27)26-12-16-28(17-13-26)35-36-31-24(3)32(38-21-9-8-10-22-38)34(42)39(33(31)41)23-11-20-37(4)5/h8-10,12-19,21-22,25,30H,6-7,11,20,23H2,1-5H3,(H-,35,40,41,42)/p+1. The van der Waals surface area contributed by atoms with Crippen molar-refractivity contribution < 1.29 is 14.8 Å². The Morgan fingerprint density at radius 3 is 2.05 bits per heavy atom. The Morgan fingerprint density at radius 2 is 1.48 bits per heavy atom. The highest BCUT2D eigenvalue weighted by atomic mass is 16.3. The van der Waals surface area contributed by atoms with Gasteiger partial charge in [-0.05, 0) is 75.3 Å². The van der Waals surface area contributed by atoms with Crippen molar-refractivity contribution in [3.05, 3.63) is 106 Å². The van der Waals surface area contributed by atoms with Crippen molar-refractivity contribution in [1.82, 2.24) is 9.47 Å². The lowest BCUT2D eigenvalue weighted by molar-refractivity contribution is -0.597. The molecule has 0 aliphatic heterocycles. The summed E-state index contributed by atoms with van der Waals surface area (Å²) in [5, 5.41) is 29.9. The summed E-state index contributed by atoms with van der Waals surface area (Å²) in [5.41, 5.74) is 3.85. The Morgan fingerprint density at radius 1 is 0.881 bits per heavy atom. The van der Waals surface area contributed by atoms with Crippen LogP contribution in [0.15, 0.2) is 94.1 Å². The molecule has 0 aliphatic carbocycles. The minimum atomic E-state index is -0.370. The predicted octanol–water partition coefficient (Wildman–Crippen LogP) is 6.78. The number of rotatable bonds is 12. The zero-order valence-corrected chi connectivity index (χ0v) is 25.2. The summed E-state index contributed by atoms with van der Waals surface area (Å²) in [6.07, 6.45) is 6.43. The molecule has 0 bridgehead atoms. The maximum absolute atomic E-state index is 13.6. The first-order valence-electron chi connectivity index (χ1n) is 14.6. The second-order valence-electron chi connectivity index (χ2n) is 11.0. The molecule has 1 unspecified atom stereocenters. The summed E-state index contributed by atoms with van der Waals surface area (Å²) < 4.78 is 3.18. The predicted molar refractivity (Wildman–Crippen MR) is 166 cm³/mol. The first-order chi connectivity index (χ1) is 20.2. The van der Waals surface area contributed by atoms with Crippen LogP contribution in [0.25, 0.3) is 5.69 Å². The average molecular weight is 569 g/mol. The molecule has 42 heavy (non-hydrogen) atoms. The molecule has 0 spiro atoms. The number of benzene rings is 2. The van der Waals surface area contributed by atoms with Crippen molar-refractivity contribution in [2.24, 2.45) is 16.1 Å². The van der Waals surface area contributed by atoms with Crippen LogP contribution in [-0.4, -0.2) is 40.3 Å². The molecule has 0 amide bonds. The Labute approximate surface area is 248 Å². The van der Waals surface area contributed by atoms with Gasteiger partial charge < -0.3 is 15.1 Å². The summed E-state index contributed by atoms with van der Waals surface area (Å²) in [6.45, 7) is 7.34. The minimum absolute atomic E-state index is 0.0857. The number of hydrogen-bond donors (Lipinski definition) is 2. The summed E-state index contributed by atoms with van der Waals surface area (Å²) in [7, 11) is 3.96. The van der Waals surface area contributed by atoms with E-state index in [4.69, 9.17) is 0 Å². The van der Waals surface area contributed by atoms with Crippen LogP contribution in [0.1, 0.15) is 55.7 Å². The summed E-state index contributed by atoms with van der Waals surface area (Å²) in [4.78, 5) is 15.6. The molecule has 8 nitrogen and oxygen atoms in total. The van der Waals surface area contributed by atoms with Gasteiger partial charge in [0.15, 0.2) is 18.1 Å². The number of aromatic hydroxyl groups is 2. The van der Waals surface area contributed by atoms with Gasteiger partial charge in [-0.25, -0.2) is 0 Å². The van der Waals surface area contributed by atoms with Crippen molar-refractivity contribution in [3.63, 3.8) is 0 Å². The lowest BCUT2D eigenvalue weighted by atomic mass is 9.78. The molecule has 2 aromatic heterocycles. The Kier molecular flexibility index (Phi) is 10.3. The molecule has 220 valence electrons. The quantitative estimate of drug-likeness (QED) is 0.146. The van der Waals surface area contributed by atoms with E-state index >= 15 is 0 Å². The molecular formula is C34H42N5O3+. The van der Waals surface area contributed by atoms with E-state index in [-0.39, 0.29) is 28.8 Å². The van der Waals surface area contributed by atoms with Crippen molar-refractivity contribution in [2.45, 2.75) is 52.5 Å². The van der Waals surface area contributed by atoms with Crippen LogP contribution >= 0.6 is 0 Å². The van der Waals surface area contributed by atoms with Crippen molar-refractivity contribution in [2.75, 3.05) is 20.6 Å². The van der Waals surface area contributed by atoms with Crippen LogP contribution < -0.4 is 10.1 Å². The maximum Gasteiger partial charge on any atom is 0.281 e. The Balaban J connectivity index is 1.71. The van der Waals surface area contributed by atoms with E-state index < -0.39 is 0 Å². The molecule has 1 atom stereocenters. The lowest BCUT2D eigenvalue weighted by Crippen LogP contribution is -2.34. The van der Waals surface area contributed by atoms with Gasteiger partial charge in [-0.3, -0.25) is 9.36 Å². The minimum Gasteiger partial charge on any atom is -0.508 e. The highest BCUT2D eigenvalue weighted by Gasteiger charge is 2.26. The summed E-state index contributed by atoms with van der Waals surface area (Å²) >= 11 is 0. The van der Waals surface area contributed by atoms with E-state index in [2.05, 4.69) is 36.2 Å². The second kappa shape index (κ2) is 14.0. The molecular weight excluding hydrogens is 526 g/mol. The van der Waals surface area contributed by atoms with Crippen LogP contribution in [0.2, 0.25) is 0 Å². The van der Waals surface area contributed by atoms with Crippen LogP contribution in [0, 0.1) is 12.8 Å². The number of nitrogens with zero attached hydrogens (tertiary/aromatic N) is 5. The van der Waals surface area contributed by atoms with Gasteiger partial charge >= 0.3 is 0 Å². The van der Waals surface area contributed by atoms with Gasteiger partial charge in [0.25, 0.3) is 17.1 Å². The fourth-order valence-electron chi connectivity index (χ4n) is 5.55. The maximum atomic E-state index is 13.6. The molecule has 8 heteroatoms. The van der Waals surface area contributed by atoms with E-state index in [0.717, 1.165) is 24.9 Å². The highest BCUT2D eigenvalue weighted by Crippen LogP contribution is 2.37. The molecule has 0 aliphatic rings. The van der Waals surface area contributed by atoms with E-state index in [1.165, 1.54) is 10.1 Å². The Hall–Kier alpha value is -4.30. The molecule has 2 aromatic carbocycles. The zero-order valence-electron chi connectivity index (χ0n) is 25.2. The summed E-state index contributed by atoms with van der Waals surface area (Å²) in [5.74, 6) is 0.803. The van der Waals surface area contributed by atoms with Gasteiger partial charge in [0.1, 0.15) is 5.75 Å². The Bertz CT molecular complexity index is 1540. The number of phenolic OH excluding ortho intramolecular Hbond substituents is 1. The third kappa shape index (κ3) is 6.94. The van der Waals surface area contributed by atoms with Crippen molar-refractivity contribution >= 4 is 11.4 Å². The normalized spacial score (nSPS) is 12.5. The van der Waals surface area contributed by atoms with Crippen molar-refractivity contribution in [1.29, 1.82) is 0 Å². The van der Waals surface area contributed by atoms with Gasteiger partial charge in [0.2, 0.25) is 0 Å². The van der Waals surface area contributed by atoms with E-state index in [9.17, 15) is 15.0 Å². The molecule has 4 rings (SSSR count). The largest absolute Gasteiger partial charge is 0.508 e. The smallest absolute Gasteiger partial charge is 0.281 e. The second-order valence-corrected chi connectivity index (χ2v) is 11.0. The monoisotopic (exact) mass is 568 g/mol.